The summed E-state index contributed by atoms with van der Waals surface area (Å²) in [5.74, 6) is 0.728. The van der Waals surface area contributed by atoms with Crippen molar-refractivity contribution in [3.05, 3.63) is 102 Å². The first-order valence-corrected chi connectivity index (χ1v) is 12.1. The number of nitrogens with zero attached hydrogens (tertiary/aromatic N) is 1. The highest BCUT2D eigenvalue weighted by atomic mass is 16.5. The third-order valence-electron chi connectivity index (χ3n) is 6.41. The molecule has 2 amide bonds. The van der Waals surface area contributed by atoms with E-state index in [1.54, 1.807) is 12.1 Å². The third kappa shape index (κ3) is 6.04. The second-order valence-electron chi connectivity index (χ2n) is 8.74. The van der Waals surface area contributed by atoms with Crippen LogP contribution in [0, 0.1) is 0 Å². The number of piperidine rings is 1. The Labute approximate surface area is 201 Å². The van der Waals surface area contributed by atoms with E-state index in [4.69, 9.17) is 4.74 Å². The van der Waals surface area contributed by atoms with E-state index in [-0.39, 0.29) is 23.8 Å². The minimum absolute atomic E-state index is 0.0716. The van der Waals surface area contributed by atoms with Gasteiger partial charge in [-0.15, -0.1) is 0 Å². The molecule has 1 aliphatic rings. The quantitative estimate of drug-likeness (QED) is 0.508. The van der Waals surface area contributed by atoms with Gasteiger partial charge in [0, 0.05) is 24.7 Å². The molecule has 3 aromatic rings. The summed E-state index contributed by atoms with van der Waals surface area (Å²) in [6.07, 6.45) is 2.31. The molecule has 0 spiro atoms. The number of nitrogens with one attached hydrogen (secondary N) is 1. The molecule has 0 bridgehead atoms. The Kier molecular flexibility index (Phi) is 7.97. The van der Waals surface area contributed by atoms with Gasteiger partial charge in [-0.25, -0.2) is 0 Å². The number of hydrogen-bond acceptors (Lipinski definition) is 3. The van der Waals surface area contributed by atoms with Gasteiger partial charge in [0.1, 0.15) is 12.4 Å². The summed E-state index contributed by atoms with van der Waals surface area (Å²) in [4.78, 5) is 27.8. The molecule has 4 rings (SSSR count). The van der Waals surface area contributed by atoms with Crippen molar-refractivity contribution in [1.29, 1.82) is 0 Å². The number of hydrogen-bond donors (Lipinski definition) is 1. The molecule has 5 nitrogen and oxygen atoms in total. The molecular weight excluding hydrogens is 424 g/mol. The van der Waals surface area contributed by atoms with Crippen LogP contribution in [0.1, 0.15) is 53.6 Å². The topological polar surface area (TPSA) is 58.6 Å². The summed E-state index contributed by atoms with van der Waals surface area (Å²) in [5, 5.41) is 3.13. The molecule has 1 heterocycles. The average molecular weight is 457 g/mol. The van der Waals surface area contributed by atoms with Gasteiger partial charge < -0.3 is 15.0 Å². The lowest BCUT2D eigenvalue weighted by molar-refractivity contribution is -0.134. The van der Waals surface area contributed by atoms with Crippen LogP contribution in [-0.4, -0.2) is 35.8 Å². The summed E-state index contributed by atoms with van der Waals surface area (Å²) in [5.41, 5.74) is 2.78. The number of ether oxygens (including phenoxy) is 1. The summed E-state index contributed by atoms with van der Waals surface area (Å²) in [6.45, 7) is 3.88. The molecule has 0 aliphatic carbocycles. The van der Waals surface area contributed by atoms with Gasteiger partial charge in [0.15, 0.2) is 0 Å². The Morgan fingerprint density at radius 1 is 0.912 bits per heavy atom. The van der Waals surface area contributed by atoms with Gasteiger partial charge in [-0.1, -0.05) is 67.6 Å². The molecule has 1 unspecified atom stereocenters. The number of amides is 2. The SMILES string of the molecule is CCC(C(=O)N1CCC(NC(=O)c2ccc(OCc3ccccc3)cc2)CC1)c1ccccc1. The molecule has 1 N–H and O–H groups in total. The van der Waals surface area contributed by atoms with Crippen LogP contribution in [0.5, 0.6) is 5.75 Å². The lowest BCUT2D eigenvalue weighted by Crippen LogP contribution is -2.47. The summed E-state index contributed by atoms with van der Waals surface area (Å²) in [7, 11) is 0. The molecule has 5 heteroatoms. The number of likely N-dealkylation sites (tertiary alicyclic amines) is 1. The van der Waals surface area contributed by atoms with Crippen LogP contribution in [0.25, 0.3) is 0 Å². The maximum atomic E-state index is 13.1. The van der Waals surface area contributed by atoms with E-state index in [9.17, 15) is 9.59 Å². The van der Waals surface area contributed by atoms with Gasteiger partial charge >= 0.3 is 0 Å². The van der Waals surface area contributed by atoms with Crippen LogP contribution in [-0.2, 0) is 11.4 Å². The molecule has 3 aromatic carbocycles. The van der Waals surface area contributed by atoms with Crippen molar-refractivity contribution in [2.24, 2.45) is 0 Å². The molecule has 176 valence electrons. The first-order chi connectivity index (χ1) is 16.6. The fourth-order valence-corrected chi connectivity index (χ4v) is 4.42. The van der Waals surface area contributed by atoms with Crippen LogP contribution >= 0.6 is 0 Å². The van der Waals surface area contributed by atoms with E-state index in [1.807, 2.05) is 77.7 Å². The van der Waals surface area contributed by atoms with E-state index < -0.39 is 0 Å². The zero-order chi connectivity index (χ0) is 23.8. The van der Waals surface area contributed by atoms with Crippen LogP contribution in [0.4, 0.5) is 0 Å². The normalized spacial score (nSPS) is 14.9. The number of carbonyl (C=O) groups excluding carboxylic acids is 2. The van der Waals surface area contributed by atoms with E-state index in [0.29, 0.717) is 25.3 Å². The first kappa shape index (κ1) is 23.6. The molecule has 1 fully saturated rings. The monoisotopic (exact) mass is 456 g/mol. The highest BCUT2D eigenvalue weighted by Gasteiger charge is 2.28. The van der Waals surface area contributed by atoms with Crippen molar-refractivity contribution in [2.45, 2.75) is 44.8 Å². The number of rotatable bonds is 8. The lowest BCUT2D eigenvalue weighted by Gasteiger charge is -2.34. The molecule has 0 saturated carbocycles. The van der Waals surface area contributed by atoms with Gasteiger partial charge in [-0.2, -0.15) is 0 Å². The predicted octanol–water partition coefficient (Wildman–Crippen LogP) is 5.18. The number of carbonyl (C=O) groups is 2. The van der Waals surface area contributed by atoms with Crippen LogP contribution < -0.4 is 10.1 Å². The van der Waals surface area contributed by atoms with Crippen molar-refractivity contribution < 1.29 is 14.3 Å². The van der Waals surface area contributed by atoms with Crippen LogP contribution in [0.15, 0.2) is 84.9 Å². The van der Waals surface area contributed by atoms with E-state index in [1.165, 1.54) is 0 Å². The highest BCUT2D eigenvalue weighted by Crippen LogP contribution is 2.24. The summed E-state index contributed by atoms with van der Waals surface area (Å²) < 4.78 is 5.80. The van der Waals surface area contributed by atoms with Gasteiger partial charge in [0.2, 0.25) is 5.91 Å². The maximum Gasteiger partial charge on any atom is 0.251 e. The van der Waals surface area contributed by atoms with Gasteiger partial charge in [-0.3, -0.25) is 9.59 Å². The standard InChI is InChI=1S/C29H32N2O3/c1-2-27(23-11-7-4-8-12-23)29(33)31-19-17-25(18-20-31)30-28(32)24-13-15-26(16-14-24)34-21-22-9-5-3-6-10-22/h3-16,25,27H,2,17-21H2,1H3,(H,30,32). The van der Waals surface area contributed by atoms with E-state index in [2.05, 4.69) is 12.2 Å². The molecule has 0 aromatic heterocycles. The van der Waals surface area contributed by atoms with E-state index >= 15 is 0 Å². The van der Waals surface area contributed by atoms with Gasteiger partial charge in [0.25, 0.3) is 5.91 Å². The maximum absolute atomic E-state index is 13.1. The Hall–Kier alpha value is -3.60. The Bertz CT molecular complexity index is 1060. The smallest absolute Gasteiger partial charge is 0.251 e. The number of benzene rings is 3. The van der Waals surface area contributed by atoms with Crippen molar-refractivity contribution in [3.63, 3.8) is 0 Å². The largest absolute Gasteiger partial charge is 0.489 e. The zero-order valence-corrected chi connectivity index (χ0v) is 19.7. The molecule has 34 heavy (non-hydrogen) atoms. The second-order valence-corrected chi connectivity index (χ2v) is 8.74. The van der Waals surface area contributed by atoms with Gasteiger partial charge in [0.05, 0.1) is 5.92 Å². The fraction of sp³-hybridized carbons (Fsp3) is 0.310. The predicted molar refractivity (Wildman–Crippen MR) is 134 cm³/mol. The molecule has 1 atom stereocenters. The molecule has 0 radical (unpaired) electrons. The fourth-order valence-electron chi connectivity index (χ4n) is 4.42. The molecular formula is C29H32N2O3. The Morgan fingerprint density at radius 3 is 2.15 bits per heavy atom. The Morgan fingerprint density at radius 2 is 1.53 bits per heavy atom. The lowest BCUT2D eigenvalue weighted by atomic mass is 9.93. The molecule has 1 saturated heterocycles. The van der Waals surface area contributed by atoms with Gasteiger partial charge in [-0.05, 0) is 54.7 Å². The van der Waals surface area contributed by atoms with Crippen LogP contribution in [0.2, 0.25) is 0 Å². The van der Waals surface area contributed by atoms with E-state index in [0.717, 1.165) is 36.1 Å². The molecule has 1 aliphatic heterocycles. The second kappa shape index (κ2) is 11.5. The minimum atomic E-state index is -0.102. The van der Waals surface area contributed by atoms with Crippen molar-refractivity contribution in [3.8, 4) is 5.75 Å². The third-order valence-corrected chi connectivity index (χ3v) is 6.41. The first-order valence-electron chi connectivity index (χ1n) is 12.1. The van der Waals surface area contributed by atoms with Crippen molar-refractivity contribution in [2.75, 3.05) is 13.1 Å². The highest BCUT2D eigenvalue weighted by molar-refractivity contribution is 5.94. The van der Waals surface area contributed by atoms with Crippen molar-refractivity contribution >= 4 is 11.8 Å². The minimum Gasteiger partial charge on any atom is -0.489 e. The summed E-state index contributed by atoms with van der Waals surface area (Å²) in [6, 6.07) is 27.3. The van der Waals surface area contributed by atoms with Crippen molar-refractivity contribution in [1.82, 2.24) is 10.2 Å². The average Bonchev–Trinajstić information content (AvgIpc) is 2.90. The van der Waals surface area contributed by atoms with Crippen LogP contribution in [0.3, 0.4) is 0 Å². The Balaban J connectivity index is 1.25. The zero-order valence-electron chi connectivity index (χ0n) is 19.7. The summed E-state index contributed by atoms with van der Waals surface area (Å²) >= 11 is 0.